The molecule has 1 amide bonds. The van der Waals surface area contributed by atoms with E-state index in [-0.39, 0.29) is 17.1 Å². The van der Waals surface area contributed by atoms with Gasteiger partial charge < -0.3 is 14.8 Å². The van der Waals surface area contributed by atoms with Crippen molar-refractivity contribution in [2.24, 2.45) is 0 Å². The predicted molar refractivity (Wildman–Crippen MR) is 73.3 cm³/mol. The number of halogens is 1. The van der Waals surface area contributed by atoms with Crippen molar-refractivity contribution in [3.63, 3.8) is 0 Å². The smallest absolute Gasteiger partial charge is 0.328 e. The summed E-state index contributed by atoms with van der Waals surface area (Å²) in [6.45, 7) is 2.71. The van der Waals surface area contributed by atoms with Crippen LogP contribution in [0.5, 0.6) is 0 Å². The number of nitrogens with one attached hydrogen (secondary N) is 1. The molecule has 6 heteroatoms. The number of carboxylic acids is 1. The van der Waals surface area contributed by atoms with E-state index in [1.54, 1.807) is 12.1 Å². The first-order chi connectivity index (χ1) is 9.81. The molecule has 0 aliphatic rings. The zero-order valence-corrected chi connectivity index (χ0v) is 11.5. The summed E-state index contributed by atoms with van der Waals surface area (Å²) in [5.74, 6) is -2.19. The molecular weight excluding hydrogens is 277 g/mol. The van der Waals surface area contributed by atoms with E-state index < -0.39 is 23.2 Å². The molecule has 0 bridgehead atoms. The molecule has 2 N–H and O–H groups in total. The molecule has 0 radical (unpaired) electrons. The molecule has 21 heavy (non-hydrogen) atoms. The lowest BCUT2D eigenvalue weighted by Gasteiger charge is -2.19. The third-order valence-electron chi connectivity index (χ3n) is 2.93. The molecule has 5 nitrogen and oxygen atoms in total. The Bertz CT molecular complexity index is 690. The first-order valence-electron chi connectivity index (χ1n) is 6.22. The minimum Gasteiger partial charge on any atom is -0.480 e. The summed E-state index contributed by atoms with van der Waals surface area (Å²) in [5.41, 5.74) is -1.20. The number of aliphatic carboxylic acids is 1. The number of amides is 1. The van der Waals surface area contributed by atoms with E-state index in [0.717, 1.165) is 0 Å². The summed E-state index contributed by atoms with van der Waals surface area (Å²) < 4.78 is 18.9. The van der Waals surface area contributed by atoms with Crippen LogP contribution >= 0.6 is 0 Å². The van der Waals surface area contributed by atoms with Gasteiger partial charge in [-0.05, 0) is 38.1 Å². The molecule has 0 aliphatic heterocycles. The van der Waals surface area contributed by atoms with Gasteiger partial charge in [0, 0.05) is 0 Å². The number of carbonyl (C=O) groups excluding carboxylic acids is 1. The molecule has 1 heterocycles. The zero-order chi connectivity index (χ0) is 15.6. The van der Waals surface area contributed by atoms with Gasteiger partial charge in [-0.3, -0.25) is 4.79 Å². The molecule has 0 unspecified atom stereocenters. The Kier molecular flexibility index (Phi) is 3.80. The molecule has 2 rings (SSSR count). The summed E-state index contributed by atoms with van der Waals surface area (Å²) in [7, 11) is 0. The average molecular weight is 291 g/mol. The lowest BCUT2D eigenvalue weighted by Crippen LogP contribution is -2.49. The fourth-order valence-electron chi connectivity index (χ4n) is 1.66. The minimum atomic E-state index is -1.43. The molecule has 1 aromatic carbocycles. The highest BCUT2D eigenvalue weighted by Crippen LogP contribution is 2.24. The van der Waals surface area contributed by atoms with E-state index >= 15 is 0 Å². The van der Waals surface area contributed by atoms with Crippen molar-refractivity contribution in [3.8, 4) is 11.3 Å². The van der Waals surface area contributed by atoms with E-state index in [2.05, 4.69) is 5.32 Å². The summed E-state index contributed by atoms with van der Waals surface area (Å²) >= 11 is 0. The Hall–Kier alpha value is -2.63. The zero-order valence-electron chi connectivity index (χ0n) is 11.5. The van der Waals surface area contributed by atoms with Gasteiger partial charge in [0.05, 0.1) is 5.56 Å². The van der Waals surface area contributed by atoms with Crippen LogP contribution in [0.1, 0.15) is 24.4 Å². The number of carboxylic acid groups (broad SMARTS) is 1. The van der Waals surface area contributed by atoms with Crippen LogP contribution in [0, 0.1) is 5.82 Å². The maximum Gasteiger partial charge on any atom is 0.328 e. The molecule has 0 saturated carbocycles. The molecule has 0 aliphatic carbocycles. The monoisotopic (exact) mass is 291 g/mol. The molecular formula is C15H14FNO4. The standard InChI is InChI=1S/C15H14FNO4/c1-15(2,14(19)20)17-13(18)12-8-7-11(21-12)9-5-3-4-6-10(9)16/h3-8H,1-2H3,(H,17,18)(H,19,20). The number of hydrogen-bond donors (Lipinski definition) is 2. The van der Waals surface area contributed by atoms with Crippen LogP contribution in [-0.4, -0.2) is 22.5 Å². The van der Waals surface area contributed by atoms with Gasteiger partial charge in [0.25, 0.3) is 5.91 Å². The second-order valence-corrected chi connectivity index (χ2v) is 5.03. The third kappa shape index (κ3) is 3.10. The van der Waals surface area contributed by atoms with Gasteiger partial charge in [0.2, 0.25) is 0 Å². The first kappa shape index (κ1) is 14.8. The van der Waals surface area contributed by atoms with Crippen LogP contribution in [0.25, 0.3) is 11.3 Å². The third-order valence-corrected chi connectivity index (χ3v) is 2.93. The average Bonchev–Trinajstić information content (AvgIpc) is 2.88. The van der Waals surface area contributed by atoms with Crippen molar-refractivity contribution in [1.29, 1.82) is 0 Å². The van der Waals surface area contributed by atoms with Crippen molar-refractivity contribution in [3.05, 3.63) is 48.0 Å². The minimum absolute atomic E-state index is 0.0809. The Balaban J connectivity index is 2.23. The number of rotatable bonds is 4. The van der Waals surface area contributed by atoms with Crippen molar-refractivity contribution in [2.75, 3.05) is 0 Å². The normalized spacial score (nSPS) is 11.2. The molecule has 0 spiro atoms. The summed E-state index contributed by atoms with van der Waals surface area (Å²) in [6, 6.07) is 8.83. The number of benzene rings is 1. The van der Waals surface area contributed by atoms with Crippen molar-refractivity contribution in [2.45, 2.75) is 19.4 Å². The highest BCUT2D eigenvalue weighted by Gasteiger charge is 2.30. The largest absolute Gasteiger partial charge is 0.480 e. The van der Waals surface area contributed by atoms with Crippen LogP contribution in [0.3, 0.4) is 0 Å². The van der Waals surface area contributed by atoms with E-state index in [4.69, 9.17) is 9.52 Å². The van der Waals surface area contributed by atoms with Gasteiger partial charge in [0.1, 0.15) is 17.1 Å². The van der Waals surface area contributed by atoms with Gasteiger partial charge in [-0.15, -0.1) is 0 Å². The van der Waals surface area contributed by atoms with Crippen LogP contribution in [0.15, 0.2) is 40.8 Å². The highest BCUT2D eigenvalue weighted by atomic mass is 19.1. The fraction of sp³-hybridized carbons (Fsp3) is 0.200. The molecule has 0 fully saturated rings. The van der Waals surface area contributed by atoms with Gasteiger partial charge >= 0.3 is 5.97 Å². The van der Waals surface area contributed by atoms with Crippen molar-refractivity contribution >= 4 is 11.9 Å². The Morgan fingerprint density at radius 2 is 1.86 bits per heavy atom. The predicted octanol–water partition coefficient (Wildman–Crippen LogP) is 2.68. The van der Waals surface area contributed by atoms with Gasteiger partial charge in [0.15, 0.2) is 5.76 Å². The summed E-state index contributed by atoms with van der Waals surface area (Å²) in [5, 5.41) is 11.3. The van der Waals surface area contributed by atoms with Crippen molar-refractivity contribution < 1.29 is 23.5 Å². The second-order valence-electron chi connectivity index (χ2n) is 5.03. The Morgan fingerprint density at radius 1 is 1.19 bits per heavy atom. The van der Waals surface area contributed by atoms with E-state index in [1.807, 2.05) is 0 Å². The quantitative estimate of drug-likeness (QED) is 0.907. The van der Waals surface area contributed by atoms with E-state index in [9.17, 15) is 14.0 Å². The Labute approximate surface area is 120 Å². The summed E-state index contributed by atoms with van der Waals surface area (Å²) in [4.78, 5) is 22.9. The molecule has 2 aromatic rings. The first-order valence-corrected chi connectivity index (χ1v) is 6.22. The van der Waals surface area contributed by atoms with E-state index in [0.29, 0.717) is 0 Å². The van der Waals surface area contributed by atoms with Gasteiger partial charge in [-0.25, -0.2) is 9.18 Å². The fourth-order valence-corrected chi connectivity index (χ4v) is 1.66. The number of furan rings is 1. The second kappa shape index (κ2) is 5.40. The molecule has 110 valence electrons. The molecule has 0 atom stereocenters. The van der Waals surface area contributed by atoms with E-state index in [1.165, 1.54) is 38.1 Å². The van der Waals surface area contributed by atoms with Crippen LogP contribution in [-0.2, 0) is 4.79 Å². The van der Waals surface area contributed by atoms with Gasteiger partial charge in [-0.1, -0.05) is 12.1 Å². The lowest BCUT2D eigenvalue weighted by molar-refractivity contribution is -0.143. The molecule has 0 saturated heterocycles. The SMILES string of the molecule is CC(C)(NC(=O)c1ccc(-c2ccccc2F)o1)C(=O)O. The van der Waals surface area contributed by atoms with Crippen LogP contribution in [0.4, 0.5) is 4.39 Å². The number of carbonyl (C=O) groups is 2. The van der Waals surface area contributed by atoms with Crippen LogP contribution in [0.2, 0.25) is 0 Å². The maximum absolute atomic E-state index is 13.6. The molecule has 1 aromatic heterocycles. The van der Waals surface area contributed by atoms with Crippen LogP contribution < -0.4 is 5.32 Å². The van der Waals surface area contributed by atoms with Crippen molar-refractivity contribution in [1.82, 2.24) is 5.32 Å². The lowest BCUT2D eigenvalue weighted by atomic mass is 10.1. The summed E-state index contributed by atoms with van der Waals surface area (Å²) in [6.07, 6.45) is 0. The Morgan fingerprint density at radius 3 is 2.48 bits per heavy atom. The van der Waals surface area contributed by atoms with Gasteiger partial charge in [-0.2, -0.15) is 0 Å². The highest BCUT2D eigenvalue weighted by molar-refractivity contribution is 5.95. The topological polar surface area (TPSA) is 79.5 Å². The maximum atomic E-state index is 13.6. The number of hydrogen-bond acceptors (Lipinski definition) is 3.